The molecule has 0 fully saturated rings. The van der Waals surface area contributed by atoms with Gasteiger partial charge in [-0.25, -0.2) is 4.68 Å². The second-order valence-corrected chi connectivity index (χ2v) is 8.77. The minimum absolute atomic E-state index is 0.188. The molecular formula is C26H21N5O2S. The summed E-state index contributed by atoms with van der Waals surface area (Å²) in [5, 5.41) is 11.4. The van der Waals surface area contributed by atoms with Crippen molar-refractivity contribution in [3.8, 4) is 5.69 Å². The molecule has 0 saturated carbocycles. The number of nitrogens with one attached hydrogen (secondary N) is 2. The van der Waals surface area contributed by atoms with E-state index in [-0.39, 0.29) is 11.8 Å². The third-order valence-electron chi connectivity index (χ3n) is 5.35. The molecule has 0 aliphatic heterocycles. The Balaban J connectivity index is 1.27. The van der Waals surface area contributed by atoms with Gasteiger partial charge in [0.2, 0.25) is 0 Å². The summed E-state index contributed by atoms with van der Waals surface area (Å²) in [5.74, 6) is -0.388. The maximum absolute atomic E-state index is 12.9. The number of rotatable bonds is 6. The molecule has 0 aliphatic rings. The van der Waals surface area contributed by atoms with Crippen molar-refractivity contribution in [2.45, 2.75) is 13.5 Å². The van der Waals surface area contributed by atoms with E-state index in [1.165, 1.54) is 11.3 Å². The molecule has 0 unspecified atom stereocenters. The van der Waals surface area contributed by atoms with E-state index in [0.29, 0.717) is 22.7 Å². The van der Waals surface area contributed by atoms with Crippen LogP contribution in [0.5, 0.6) is 0 Å². The molecule has 7 nitrogen and oxygen atoms in total. The van der Waals surface area contributed by atoms with Crippen LogP contribution in [-0.4, -0.2) is 26.6 Å². The fraction of sp³-hybridized carbons (Fsp3) is 0.0769. The first-order valence-corrected chi connectivity index (χ1v) is 11.5. The van der Waals surface area contributed by atoms with E-state index in [0.717, 1.165) is 27.2 Å². The van der Waals surface area contributed by atoms with Crippen molar-refractivity contribution in [1.29, 1.82) is 0 Å². The number of fused-ring (bicyclic) bond motifs is 1. The summed E-state index contributed by atoms with van der Waals surface area (Å²) < 4.78 is 1.87. The van der Waals surface area contributed by atoms with Crippen molar-refractivity contribution in [3.63, 3.8) is 0 Å². The lowest BCUT2D eigenvalue weighted by molar-refractivity contribution is 0.0950. The molecule has 2 amide bonds. The summed E-state index contributed by atoms with van der Waals surface area (Å²) in [6.07, 6.45) is 3.40. The molecule has 0 spiro atoms. The molecule has 5 rings (SSSR count). The number of thiophene rings is 1. The Kier molecular flexibility index (Phi) is 5.88. The zero-order chi connectivity index (χ0) is 23.5. The third-order valence-corrected chi connectivity index (χ3v) is 6.46. The van der Waals surface area contributed by atoms with Crippen LogP contribution in [0.2, 0.25) is 0 Å². The lowest BCUT2D eigenvalue weighted by atomic mass is 10.2. The second kappa shape index (κ2) is 9.29. The lowest BCUT2D eigenvalue weighted by Gasteiger charge is -2.07. The van der Waals surface area contributed by atoms with E-state index >= 15 is 0 Å². The summed E-state index contributed by atoms with van der Waals surface area (Å²) in [5.41, 5.74) is 3.88. The molecule has 168 valence electrons. The van der Waals surface area contributed by atoms with Crippen LogP contribution >= 0.6 is 11.3 Å². The number of carbonyl (C=O) groups excluding carboxylic acids is 2. The first-order chi connectivity index (χ1) is 16.6. The average Bonchev–Trinajstić information content (AvgIpc) is 3.45. The number of carbonyl (C=O) groups is 2. The molecule has 2 N–H and O–H groups in total. The van der Waals surface area contributed by atoms with Crippen LogP contribution in [0.25, 0.3) is 15.9 Å². The molecular weight excluding hydrogens is 446 g/mol. The number of aryl methyl sites for hydroxylation is 1. The van der Waals surface area contributed by atoms with Crippen molar-refractivity contribution in [1.82, 2.24) is 20.1 Å². The largest absolute Gasteiger partial charge is 0.348 e. The van der Waals surface area contributed by atoms with Crippen LogP contribution in [0.3, 0.4) is 0 Å². The molecule has 3 heterocycles. The summed E-state index contributed by atoms with van der Waals surface area (Å²) >= 11 is 1.40. The predicted octanol–water partition coefficient (Wildman–Crippen LogP) is 4.97. The molecule has 0 atom stereocenters. The van der Waals surface area contributed by atoms with E-state index in [4.69, 9.17) is 0 Å². The maximum Gasteiger partial charge on any atom is 0.265 e. The van der Waals surface area contributed by atoms with Gasteiger partial charge in [-0.1, -0.05) is 24.3 Å². The van der Waals surface area contributed by atoms with Crippen LogP contribution in [0.15, 0.2) is 85.2 Å². The van der Waals surface area contributed by atoms with Crippen molar-refractivity contribution >= 4 is 39.1 Å². The normalized spacial score (nSPS) is 10.9. The predicted molar refractivity (Wildman–Crippen MR) is 133 cm³/mol. The van der Waals surface area contributed by atoms with Gasteiger partial charge in [0.05, 0.1) is 16.3 Å². The molecule has 8 heteroatoms. The zero-order valence-electron chi connectivity index (χ0n) is 18.4. The van der Waals surface area contributed by atoms with E-state index in [2.05, 4.69) is 20.7 Å². The van der Waals surface area contributed by atoms with E-state index in [1.54, 1.807) is 36.7 Å². The van der Waals surface area contributed by atoms with Crippen LogP contribution in [0.1, 0.15) is 31.3 Å². The fourth-order valence-electron chi connectivity index (χ4n) is 3.59. The van der Waals surface area contributed by atoms with Crippen LogP contribution in [0.4, 0.5) is 5.69 Å². The number of hydrogen-bond acceptors (Lipinski definition) is 5. The Morgan fingerprint density at radius 1 is 0.971 bits per heavy atom. The van der Waals surface area contributed by atoms with Gasteiger partial charge in [0.25, 0.3) is 11.8 Å². The van der Waals surface area contributed by atoms with Gasteiger partial charge in [-0.15, -0.1) is 11.3 Å². The van der Waals surface area contributed by atoms with Crippen LogP contribution < -0.4 is 10.6 Å². The maximum atomic E-state index is 12.9. The number of amides is 2. The SMILES string of the molecule is Cc1nn(-c2ccccc2)c2sc(C(=O)Nc3ccc(C(=O)NCc4cccnc4)cc3)cc12. The van der Waals surface area contributed by atoms with Gasteiger partial charge < -0.3 is 10.6 Å². The topological polar surface area (TPSA) is 88.9 Å². The molecule has 0 radical (unpaired) electrons. The Bertz CT molecular complexity index is 1460. The minimum Gasteiger partial charge on any atom is -0.348 e. The van der Waals surface area contributed by atoms with Gasteiger partial charge in [-0.05, 0) is 61.0 Å². The highest BCUT2D eigenvalue weighted by Gasteiger charge is 2.17. The highest BCUT2D eigenvalue weighted by Crippen LogP contribution is 2.30. The molecule has 3 aromatic heterocycles. The van der Waals surface area contributed by atoms with E-state index in [9.17, 15) is 9.59 Å². The van der Waals surface area contributed by atoms with Crippen molar-refractivity contribution < 1.29 is 9.59 Å². The molecule has 0 saturated heterocycles. The number of aromatic nitrogens is 3. The Hall–Kier alpha value is -4.30. The Labute approximate surface area is 200 Å². The number of anilines is 1. The highest BCUT2D eigenvalue weighted by molar-refractivity contribution is 7.20. The summed E-state index contributed by atoms with van der Waals surface area (Å²) in [6.45, 7) is 2.34. The van der Waals surface area contributed by atoms with Crippen molar-refractivity contribution in [2.24, 2.45) is 0 Å². The molecule has 2 aromatic carbocycles. The van der Waals surface area contributed by atoms with Gasteiger partial charge >= 0.3 is 0 Å². The Morgan fingerprint density at radius 2 is 1.76 bits per heavy atom. The molecule has 34 heavy (non-hydrogen) atoms. The van der Waals surface area contributed by atoms with Crippen LogP contribution in [-0.2, 0) is 6.54 Å². The monoisotopic (exact) mass is 467 g/mol. The Morgan fingerprint density at radius 3 is 2.50 bits per heavy atom. The van der Waals surface area contributed by atoms with Gasteiger partial charge in [0.15, 0.2) is 0 Å². The number of para-hydroxylation sites is 1. The quantitative estimate of drug-likeness (QED) is 0.369. The molecule has 0 aliphatic carbocycles. The third kappa shape index (κ3) is 4.44. The van der Waals surface area contributed by atoms with E-state index in [1.807, 2.05) is 60.1 Å². The first-order valence-electron chi connectivity index (χ1n) is 10.7. The zero-order valence-corrected chi connectivity index (χ0v) is 19.2. The van der Waals surface area contributed by atoms with Gasteiger partial charge in [-0.3, -0.25) is 14.6 Å². The van der Waals surface area contributed by atoms with Crippen molar-refractivity contribution in [3.05, 3.63) is 107 Å². The highest BCUT2D eigenvalue weighted by atomic mass is 32.1. The number of nitrogens with zero attached hydrogens (tertiary/aromatic N) is 3. The standard InChI is InChI=1S/C26H21N5O2S/c1-17-22-14-23(34-26(22)31(30-17)21-7-3-2-4-8-21)25(33)29-20-11-9-19(10-12-20)24(32)28-16-18-6-5-13-27-15-18/h2-15H,16H2,1H3,(H,28,32)(H,29,33). The average molecular weight is 468 g/mol. The first kappa shape index (κ1) is 21.5. The van der Waals surface area contributed by atoms with Crippen LogP contribution in [0, 0.1) is 6.92 Å². The smallest absolute Gasteiger partial charge is 0.265 e. The summed E-state index contributed by atoms with van der Waals surface area (Å²) in [6, 6.07) is 22.3. The lowest BCUT2D eigenvalue weighted by Crippen LogP contribution is -2.22. The molecule has 5 aromatic rings. The number of pyridine rings is 1. The molecule has 0 bridgehead atoms. The van der Waals surface area contributed by atoms with Gasteiger partial charge in [-0.2, -0.15) is 5.10 Å². The minimum atomic E-state index is -0.200. The number of benzene rings is 2. The van der Waals surface area contributed by atoms with Gasteiger partial charge in [0, 0.05) is 35.6 Å². The van der Waals surface area contributed by atoms with Gasteiger partial charge in [0.1, 0.15) is 4.83 Å². The number of hydrogen-bond donors (Lipinski definition) is 2. The summed E-state index contributed by atoms with van der Waals surface area (Å²) in [7, 11) is 0. The second-order valence-electron chi connectivity index (χ2n) is 7.74. The fourth-order valence-corrected chi connectivity index (χ4v) is 4.67. The van der Waals surface area contributed by atoms with E-state index < -0.39 is 0 Å². The summed E-state index contributed by atoms with van der Waals surface area (Å²) in [4.78, 5) is 30.9. The van der Waals surface area contributed by atoms with Crippen molar-refractivity contribution in [2.75, 3.05) is 5.32 Å².